The largest absolute Gasteiger partial charge is 0.478 e. The van der Waals surface area contributed by atoms with E-state index in [1.54, 1.807) is 0 Å². The Morgan fingerprint density at radius 1 is 1.25 bits per heavy atom. The molecule has 0 saturated heterocycles. The molecule has 0 aromatic heterocycles. The molecule has 0 atom stereocenters. The van der Waals surface area contributed by atoms with Crippen molar-refractivity contribution in [2.24, 2.45) is 0 Å². The van der Waals surface area contributed by atoms with E-state index in [9.17, 15) is 29.4 Å². The Labute approximate surface area is 86.2 Å². The molecular weight excluding hydrogens is 227 g/mol. The SMILES string of the molecule is O=C(O)c1ccc([N+](=O)[O-])c([N+](=O)[O-])c1F. The van der Waals surface area contributed by atoms with Crippen LogP contribution in [0.5, 0.6) is 0 Å². The molecule has 9 heteroatoms. The summed E-state index contributed by atoms with van der Waals surface area (Å²) >= 11 is 0. The van der Waals surface area contributed by atoms with Crippen LogP contribution in [0.15, 0.2) is 12.1 Å². The third-order valence-corrected chi connectivity index (χ3v) is 1.70. The van der Waals surface area contributed by atoms with Gasteiger partial charge >= 0.3 is 17.3 Å². The third-order valence-electron chi connectivity index (χ3n) is 1.70. The van der Waals surface area contributed by atoms with Gasteiger partial charge in [0, 0.05) is 6.07 Å². The molecule has 0 amide bonds. The molecule has 0 unspecified atom stereocenters. The van der Waals surface area contributed by atoms with Crippen LogP contribution in [0, 0.1) is 26.0 Å². The number of aromatic carboxylic acids is 1. The number of nitro benzene ring substituents is 2. The predicted molar refractivity (Wildman–Crippen MR) is 46.7 cm³/mol. The van der Waals surface area contributed by atoms with E-state index in [2.05, 4.69) is 0 Å². The van der Waals surface area contributed by atoms with Gasteiger partial charge in [-0.15, -0.1) is 0 Å². The molecule has 0 saturated carbocycles. The topological polar surface area (TPSA) is 124 Å². The highest BCUT2D eigenvalue weighted by Crippen LogP contribution is 2.31. The van der Waals surface area contributed by atoms with Crippen LogP contribution in [0.3, 0.4) is 0 Å². The van der Waals surface area contributed by atoms with Gasteiger partial charge in [-0.3, -0.25) is 20.2 Å². The number of halogens is 1. The molecule has 84 valence electrons. The van der Waals surface area contributed by atoms with Gasteiger partial charge in [0.15, 0.2) is 0 Å². The molecule has 0 spiro atoms. The van der Waals surface area contributed by atoms with Crippen molar-refractivity contribution >= 4 is 17.3 Å². The number of carboxylic acids is 1. The lowest BCUT2D eigenvalue weighted by molar-refractivity contribution is -0.424. The molecule has 0 aliphatic rings. The van der Waals surface area contributed by atoms with E-state index in [4.69, 9.17) is 5.11 Å². The first-order chi connectivity index (χ1) is 7.36. The summed E-state index contributed by atoms with van der Waals surface area (Å²) < 4.78 is 13.3. The highest BCUT2D eigenvalue weighted by Gasteiger charge is 2.33. The standard InChI is InChI=1S/C7H3FN2O6/c8-5-3(7(11)12)1-2-4(9(13)14)6(5)10(15)16/h1-2H,(H,11,12). The first kappa shape index (κ1) is 11.5. The zero-order chi connectivity index (χ0) is 12.5. The van der Waals surface area contributed by atoms with Gasteiger partial charge in [-0.1, -0.05) is 0 Å². The quantitative estimate of drug-likeness (QED) is 0.617. The molecule has 0 bridgehead atoms. The lowest BCUT2D eigenvalue weighted by Crippen LogP contribution is -2.06. The Kier molecular flexibility index (Phi) is 2.79. The van der Waals surface area contributed by atoms with Crippen LogP contribution in [0.1, 0.15) is 10.4 Å². The molecule has 1 N–H and O–H groups in total. The lowest BCUT2D eigenvalue weighted by atomic mass is 10.1. The van der Waals surface area contributed by atoms with Gasteiger partial charge in [-0.05, 0) is 6.07 Å². The van der Waals surface area contributed by atoms with Gasteiger partial charge in [0.25, 0.3) is 0 Å². The van der Waals surface area contributed by atoms with Crippen LogP contribution in [0.25, 0.3) is 0 Å². The van der Waals surface area contributed by atoms with Gasteiger partial charge in [-0.25, -0.2) is 4.79 Å². The van der Waals surface area contributed by atoms with Crippen LogP contribution in [0.4, 0.5) is 15.8 Å². The first-order valence-corrected chi connectivity index (χ1v) is 3.70. The van der Waals surface area contributed by atoms with Gasteiger partial charge in [0.1, 0.15) is 5.56 Å². The van der Waals surface area contributed by atoms with Crippen LogP contribution in [-0.2, 0) is 0 Å². The van der Waals surface area contributed by atoms with Crippen LogP contribution in [0.2, 0.25) is 0 Å². The molecule has 0 aliphatic heterocycles. The lowest BCUT2D eigenvalue weighted by Gasteiger charge is -1.99. The molecule has 1 rings (SSSR count). The van der Waals surface area contributed by atoms with Gasteiger partial charge in [0.2, 0.25) is 5.82 Å². The second-order valence-corrected chi connectivity index (χ2v) is 2.61. The highest BCUT2D eigenvalue weighted by atomic mass is 19.1. The number of hydrogen-bond acceptors (Lipinski definition) is 5. The van der Waals surface area contributed by atoms with Crippen molar-refractivity contribution in [1.29, 1.82) is 0 Å². The Morgan fingerprint density at radius 3 is 2.19 bits per heavy atom. The summed E-state index contributed by atoms with van der Waals surface area (Å²) in [6.45, 7) is 0. The number of carbonyl (C=O) groups is 1. The average molecular weight is 230 g/mol. The minimum atomic E-state index is -1.74. The summed E-state index contributed by atoms with van der Waals surface area (Å²) in [5, 5.41) is 29.2. The molecule has 8 nitrogen and oxygen atoms in total. The van der Waals surface area contributed by atoms with E-state index in [-0.39, 0.29) is 0 Å². The molecule has 0 radical (unpaired) electrons. The van der Waals surface area contributed by atoms with Crippen LogP contribution < -0.4 is 0 Å². The van der Waals surface area contributed by atoms with E-state index in [1.165, 1.54) is 0 Å². The van der Waals surface area contributed by atoms with E-state index in [0.717, 1.165) is 0 Å². The number of carboxylic acid groups (broad SMARTS) is 1. The van der Waals surface area contributed by atoms with Crippen molar-refractivity contribution in [2.45, 2.75) is 0 Å². The number of nitro groups is 2. The third kappa shape index (κ3) is 1.78. The summed E-state index contributed by atoms with van der Waals surface area (Å²) in [7, 11) is 0. The van der Waals surface area contributed by atoms with E-state index in [1.807, 2.05) is 0 Å². The Balaban J connectivity index is 3.60. The van der Waals surface area contributed by atoms with Gasteiger partial charge in [-0.2, -0.15) is 4.39 Å². The van der Waals surface area contributed by atoms with Crippen molar-refractivity contribution < 1.29 is 24.1 Å². The molecule has 1 aromatic carbocycles. The van der Waals surface area contributed by atoms with Crippen molar-refractivity contribution in [2.75, 3.05) is 0 Å². The fourth-order valence-corrected chi connectivity index (χ4v) is 1.04. The van der Waals surface area contributed by atoms with E-state index in [0.29, 0.717) is 12.1 Å². The van der Waals surface area contributed by atoms with Crippen molar-refractivity contribution in [1.82, 2.24) is 0 Å². The summed E-state index contributed by atoms with van der Waals surface area (Å²) in [6.07, 6.45) is 0. The minimum absolute atomic E-state index is 0.574. The van der Waals surface area contributed by atoms with Crippen LogP contribution in [-0.4, -0.2) is 20.9 Å². The smallest absolute Gasteiger partial charge is 0.382 e. The summed E-state index contributed by atoms with van der Waals surface area (Å²) in [5.74, 6) is -3.47. The first-order valence-electron chi connectivity index (χ1n) is 3.70. The number of rotatable bonds is 3. The van der Waals surface area contributed by atoms with Gasteiger partial charge < -0.3 is 5.11 Å². The van der Waals surface area contributed by atoms with Crippen molar-refractivity contribution in [3.8, 4) is 0 Å². The molecule has 0 aliphatic carbocycles. The maximum absolute atomic E-state index is 13.3. The normalized spacial score (nSPS) is 9.81. The highest BCUT2D eigenvalue weighted by molar-refractivity contribution is 5.89. The number of hydrogen-bond donors (Lipinski definition) is 1. The van der Waals surface area contributed by atoms with Crippen molar-refractivity contribution in [3.63, 3.8) is 0 Å². The Hall–Kier alpha value is -2.58. The fourth-order valence-electron chi connectivity index (χ4n) is 1.04. The molecule has 0 heterocycles. The fraction of sp³-hybridized carbons (Fsp3) is 0. The summed E-state index contributed by atoms with van der Waals surface area (Å²) in [5.41, 5.74) is -3.53. The second kappa shape index (κ2) is 3.88. The van der Waals surface area contributed by atoms with Crippen molar-refractivity contribution in [3.05, 3.63) is 43.7 Å². The monoisotopic (exact) mass is 230 g/mol. The molecule has 0 fully saturated rings. The summed E-state index contributed by atoms with van der Waals surface area (Å²) in [6, 6.07) is 1.17. The maximum atomic E-state index is 13.3. The predicted octanol–water partition coefficient (Wildman–Crippen LogP) is 1.34. The Morgan fingerprint density at radius 2 is 1.81 bits per heavy atom. The zero-order valence-corrected chi connectivity index (χ0v) is 7.42. The van der Waals surface area contributed by atoms with Gasteiger partial charge in [0.05, 0.1) is 9.85 Å². The van der Waals surface area contributed by atoms with Crippen LogP contribution >= 0.6 is 0 Å². The van der Waals surface area contributed by atoms with E-state index < -0.39 is 38.6 Å². The minimum Gasteiger partial charge on any atom is -0.478 e. The Bertz CT molecular complexity index is 500. The van der Waals surface area contributed by atoms with E-state index >= 15 is 0 Å². The number of nitrogens with zero attached hydrogens (tertiary/aromatic N) is 2. The average Bonchev–Trinajstić information content (AvgIpc) is 2.15. The number of benzene rings is 1. The second-order valence-electron chi connectivity index (χ2n) is 2.61. The molecule has 16 heavy (non-hydrogen) atoms. The molecule has 1 aromatic rings. The molecular formula is C7H3FN2O6. The zero-order valence-electron chi connectivity index (χ0n) is 7.42. The maximum Gasteiger partial charge on any atom is 0.382 e. The summed E-state index contributed by atoms with van der Waals surface area (Å²) in [4.78, 5) is 28.7.